The van der Waals surface area contributed by atoms with E-state index in [0.717, 1.165) is 82.5 Å². The Kier molecular flexibility index (Phi) is 7.66. The molecule has 3 aromatic carbocycles. The lowest BCUT2D eigenvalue weighted by Gasteiger charge is -2.23. The Hall–Kier alpha value is -3.36. The molecule has 0 unspecified atom stereocenters. The molecule has 0 saturated heterocycles. The molecule has 184 valence electrons. The molecule has 0 amide bonds. The topological polar surface area (TPSA) is 25.8 Å². The van der Waals surface area contributed by atoms with E-state index >= 15 is 0 Å². The van der Waals surface area contributed by atoms with E-state index in [2.05, 4.69) is 89.5 Å². The molecule has 36 heavy (non-hydrogen) atoms. The first-order valence-electron chi connectivity index (χ1n) is 13.7. The van der Waals surface area contributed by atoms with Gasteiger partial charge in [-0.05, 0) is 50.7 Å². The van der Waals surface area contributed by atoms with Crippen LogP contribution >= 0.6 is 0 Å². The van der Waals surface area contributed by atoms with Gasteiger partial charge in [-0.15, -0.1) is 0 Å². The zero-order chi connectivity index (χ0) is 25.8. The van der Waals surface area contributed by atoms with Crippen molar-refractivity contribution in [2.24, 2.45) is 10.8 Å². The average molecular weight is 475 g/mol. The molecule has 2 nitrogen and oxygen atoms in total. The van der Waals surface area contributed by atoms with Crippen LogP contribution in [0.2, 0.25) is 0 Å². The van der Waals surface area contributed by atoms with Crippen LogP contribution in [-0.4, -0.2) is 9.97 Å². The van der Waals surface area contributed by atoms with Gasteiger partial charge in [0, 0.05) is 21.6 Å². The SMILES string of the molecule is CCC(C#Cc1c2ccccc2c(C#CC(CC)(CC)CC)c2nc3ccccc3nc12)(CC)CC. The number of hydrogen-bond donors (Lipinski definition) is 0. The molecule has 1 aromatic heterocycles. The van der Waals surface area contributed by atoms with Crippen molar-refractivity contribution in [3.05, 3.63) is 59.7 Å². The molecule has 2 heteroatoms. The van der Waals surface area contributed by atoms with E-state index < -0.39 is 0 Å². The first kappa shape index (κ1) is 25.7. The minimum atomic E-state index is 0.0131. The Labute approximate surface area is 216 Å². The lowest BCUT2D eigenvalue weighted by atomic mass is 9.80. The molecule has 0 atom stereocenters. The van der Waals surface area contributed by atoms with Crippen LogP contribution in [-0.2, 0) is 0 Å². The van der Waals surface area contributed by atoms with E-state index in [1.807, 2.05) is 24.3 Å². The highest BCUT2D eigenvalue weighted by Gasteiger charge is 2.23. The Morgan fingerprint density at radius 2 is 0.861 bits per heavy atom. The second-order valence-corrected chi connectivity index (χ2v) is 9.89. The molecule has 0 radical (unpaired) electrons. The Morgan fingerprint density at radius 3 is 1.19 bits per heavy atom. The quantitative estimate of drug-likeness (QED) is 0.206. The van der Waals surface area contributed by atoms with E-state index in [-0.39, 0.29) is 10.8 Å². The predicted octanol–water partition coefficient (Wildman–Crippen LogP) is 9.07. The first-order chi connectivity index (χ1) is 17.5. The zero-order valence-electron chi connectivity index (χ0n) is 22.8. The maximum absolute atomic E-state index is 5.14. The third kappa shape index (κ3) is 4.58. The van der Waals surface area contributed by atoms with Gasteiger partial charge in [0.1, 0.15) is 11.0 Å². The number of benzene rings is 3. The number of rotatable bonds is 6. The van der Waals surface area contributed by atoms with Gasteiger partial charge >= 0.3 is 0 Å². The standard InChI is InChI=1S/C34H38N2/c1-7-33(8-2,9-3)23-21-27-25-17-13-14-18-26(25)28(22-24-34(10-4,11-5)12-6)32-31(27)35-29-19-15-16-20-30(29)36-32/h13-20H,7-12H2,1-6H3. The van der Waals surface area contributed by atoms with Crippen molar-refractivity contribution in [1.29, 1.82) is 0 Å². The molecular weight excluding hydrogens is 436 g/mol. The number of para-hydroxylation sites is 2. The minimum absolute atomic E-state index is 0.0131. The van der Waals surface area contributed by atoms with Crippen LogP contribution in [0.25, 0.3) is 32.8 Å². The molecule has 4 rings (SSSR count). The van der Waals surface area contributed by atoms with Crippen molar-refractivity contribution in [1.82, 2.24) is 9.97 Å². The fourth-order valence-corrected chi connectivity index (χ4v) is 5.20. The van der Waals surface area contributed by atoms with E-state index in [0.29, 0.717) is 0 Å². The fourth-order valence-electron chi connectivity index (χ4n) is 5.20. The van der Waals surface area contributed by atoms with Gasteiger partial charge in [0.25, 0.3) is 0 Å². The summed E-state index contributed by atoms with van der Waals surface area (Å²) in [5, 5.41) is 2.22. The Bertz CT molecular complexity index is 1380. The monoisotopic (exact) mass is 474 g/mol. The van der Waals surface area contributed by atoms with Gasteiger partial charge < -0.3 is 0 Å². The summed E-state index contributed by atoms with van der Waals surface area (Å²) in [6, 6.07) is 16.6. The molecule has 4 aromatic rings. The van der Waals surface area contributed by atoms with E-state index in [4.69, 9.17) is 9.97 Å². The van der Waals surface area contributed by atoms with Gasteiger partial charge in [0.2, 0.25) is 0 Å². The third-order valence-electron chi connectivity index (χ3n) is 8.48. The molecule has 0 N–H and O–H groups in total. The Balaban J connectivity index is 2.15. The highest BCUT2D eigenvalue weighted by molar-refractivity contribution is 6.08. The summed E-state index contributed by atoms with van der Waals surface area (Å²) in [6.07, 6.45) is 6.22. The van der Waals surface area contributed by atoms with Gasteiger partial charge in [-0.2, -0.15) is 0 Å². The maximum Gasteiger partial charge on any atom is 0.107 e. The zero-order valence-corrected chi connectivity index (χ0v) is 22.8. The minimum Gasteiger partial charge on any atom is -0.243 e. The largest absolute Gasteiger partial charge is 0.243 e. The summed E-state index contributed by atoms with van der Waals surface area (Å²) in [5.41, 5.74) is 5.46. The molecular formula is C34H38N2. The molecule has 0 saturated carbocycles. The second kappa shape index (κ2) is 10.7. The van der Waals surface area contributed by atoms with Gasteiger partial charge in [-0.3, -0.25) is 0 Å². The highest BCUT2D eigenvalue weighted by atomic mass is 14.8. The van der Waals surface area contributed by atoms with Crippen LogP contribution in [0.15, 0.2) is 48.5 Å². The summed E-state index contributed by atoms with van der Waals surface area (Å²) in [6.45, 7) is 13.4. The molecule has 1 heterocycles. The summed E-state index contributed by atoms with van der Waals surface area (Å²) in [7, 11) is 0. The van der Waals surface area contributed by atoms with Crippen LogP contribution in [0, 0.1) is 34.5 Å². The third-order valence-corrected chi connectivity index (χ3v) is 8.48. The lowest BCUT2D eigenvalue weighted by molar-refractivity contribution is 0.357. The van der Waals surface area contributed by atoms with Crippen LogP contribution in [0.5, 0.6) is 0 Å². The second-order valence-electron chi connectivity index (χ2n) is 9.89. The summed E-state index contributed by atoms with van der Waals surface area (Å²) in [5.74, 6) is 14.6. The van der Waals surface area contributed by atoms with E-state index in [1.54, 1.807) is 0 Å². The smallest absolute Gasteiger partial charge is 0.107 e. The van der Waals surface area contributed by atoms with Crippen molar-refractivity contribution in [2.75, 3.05) is 0 Å². The number of fused-ring (bicyclic) bond motifs is 3. The van der Waals surface area contributed by atoms with Crippen molar-refractivity contribution in [2.45, 2.75) is 80.1 Å². The van der Waals surface area contributed by atoms with Gasteiger partial charge in [-0.25, -0.2) is 9.97 Å². The first-order valence-corrected chi connectivity index (χ1v) is 13.7. The van der Waals surface area contributed by atoms with Crippen LogP contribution in [0.1, 0.15) is 91.2 Å². The van der Waals surface area contributed by atoms with E-state index in [9.17, 15) is 0 Å². The van der Waals surface area contributed by atoms with Crippen molar-refractivity contribution in [3.63, 3.8) is 0 Å². The number of nitrogens with zero attached hydrogens (tertiary/aromatic N) is 2. The van der Waals surface area contributed by atoms with Crippen LogP contribution in [0.4, 0.5) is 0 Å². The predicted molar refractivity (Wildman–Crippen MR) is 155 cm³/mol. The summed E-state index contributed by atoms with van der Waals surface area (Å²) < 4.78 is 0. The van der Waals surface area contributed by atoms with Gasteiger partial charge in [0.05, 0.1) is 22.2 Å². The highest BCUT2D eigenvalue weighted by Crippen LogP contribution is 2.35. The lowest BCUT2D eigenvalue weighted by Crippen LogP contribution is -2.15. The number of aromatic nitrogens is 2. The van der Waals surface area contributed by atoms with Crippen LogP contribution in [0.3, 0.4) is 0 Å². The number of hydrogen-bond acceptors (Lipinski definition) is 2. The average Bonchev–Trinajstić information content (AvgIpc) is 2.94. The van der Waals surface area contributed by atoms with Gasteiger partial charge in [-0.1, -0.05) is 102 Å². The molecule has 0 aliphatic carbocycles. The maximum atomic E-state index is 5.14. The normalized spacial score (nSPS) is 11.8. The molecule has 0 aliphatic rings. The van der Waals surface area contributed by atoms with E-state index in [1.165, 1.54) is 0 Å². The van der Waals surface area contributed by atoms with Crippen molar-refractivity contribution in [3.8, 4) is 23.7 Å². The Morgan fingerprint density at radius 1 is 0.528 bits per heavy atom. The molecule has 0 fully saturated rings. The van der Waals surface area contributed by atoms with Crippen molar-refractivity contribution < 1.29 is 0 Å². The van der Waals surface area contributed by atoms with Gasteiger partial charge in [0.15, 0.2) is 0 Å². The van der Waals surface area contributed by atoms with Crippen LogP contribution < -0.4 is 0 Å². The van der Waals surface area contributed by atoms with Crippen molar-refractivity contribution >= 4 is 32.8 Å². The molecule has 0 spiro atoms. The molecule has 0 bridgehead atoms. The fraction of sp³-hybridized carbons (Fsp3) is 0.412. The summed E-state index contributed by atoms with van der Waals surface area (Å²) in [4.78, 5) is 10.3. The molecule has 0 aliphatic heterocycles. The summed E-state index contributed by atoms with van der Waals surface area (Å²) >= 11 is 0.